The second-order valence-electron chi connectivity index (χ2n) is 4.17. The molecule has 0 aliphatic rings. The van der Waals surface area contributed by atoms with Gasteiger partial charge in [0.15, 0.2) is 0 Å². The molecule has 0 saturated carbocycles. The van der Waals surface area contributed by atoms with Crippen LogP contribution in [-0.4, -0.2) is 10.1 Å². The molecule has 0 amide bonds. The molecule has 0 radical (unpaired) electrons. The Hall–Kier alpha value is 0.0700. The maximum Gasteiger partial charge on any atom is 0.0973 e. The van der Waals surface area contributed by atoms with E-state index in [2.05, 4.69) is 50.7 Å². The van der Waals surface area contributed by atoms with Gasteiger partial charge < -0.3 is 5.11 Å². The molecule has 1 rings (SSSR count). The number of halogens is 2. The smallest absolute Gasteiger partial charge is 0.0973 e. The largest absolute Gasteiger partial charge is 0.387 e. The quantitative estimate of drug-likeness (QED) is 0.849. The van der Waals surface area contributed by atoms with Crippen molar-refractivity contribution in [3.05, 3.63) is 26.9 Å². The first-order valence-electron chi connectivity index (χ1n) is 5.53. The number of pyridine rings is 1. The Morgan fingerprint density at radius 2 is 2.12 bits per heavy atom. The van der Waals surface area contributed by atoms with Crippen LogP contribution in [0.5, 0.6) is 0 Å². The summed E-state index contributed by atoms with van der Waals surface area (Å²) in [5.41, 5.74) is 0.728. The number of aliphatic hydroxyl groups excluding tert-OH is 1. The Labute approximate surface area is 114 Å². The summed E-state index contributed by atoms with van der Waals surface area (Å²) in [6.07, 6.45) is 4.30. The number of hydrogen-bond acceptors (Lipinski definition) is 2. The van der Waals surface area contributed by atoms with Crippen LogP contribution in [0.4, 0.5) is 0 Å². The number of aromatic nitrogens is 1. The maximum absolute atomic E-state index is 10.1. The van der Waals surface area contributed by atoms with Gasteiger partial charge in [-0.05, 0) is 50.3 Å². The molecule has 90 valence electrons. The first-order chi connectivity index (χ1) is 7.54. The van der Waals surface area contributed by atoms with Gasteiger partial charge in [-0.1, -0.05) is 26.7 Å². The zero-order chi connectivity index (χ0) is 12.1. The van der Waals surface area contributed by atoms with Crippen LogP contribution in [0.15, 0.2) is 21.2 Å². The molecule has 0 aliphatic heterocycles. The summed E-state index contributed by atoms with van der Waals surface area (Å²) in [7, 11) is 0. The summed E-state index contributed by atoms with van der Waals surface area (Å²) in [6, 6.07) is 1.91. The van der Waals surface area contributed by atoms with E-state index in [0.29, 0.717) is 5.92 Å². The monoisotopic (exact) mass is 349 g/mol. The molecule has 1 aromatic heterocycles. The van der Waals surface area contributed by atoms with E-state index in [1.807, 2.05) is 6.07 Å². The van der Waals surface area contributed by atoms with E-state index in [4.69, 9.17) is 0 Å². The molecule has 0 aliphatic carbocycles. The van der Waals surface area contributed by atoms with E-state index >= 15 is 0 Å². The van der Waals surface area contributed by atoms with Crippen LogP contribution >= 0.6 is 31.9 Å². The minimum Gasteiger partial charge on any atom is -0.387 e. The van der Waals surface area contributed by atoms with Gasteiger partial charge in [0.05, 0.1) is 11.8 Å². The summed E-state index contributed by atoms with van der Waals surface area (Å²) in [4.78, 5) is 4.25. The molecule has 1 heterocycles. The molecule has 0 fully saturated rings. The minimum atomic E-state index is -0.482. The van der Waals surface area contributed by atoms with Gasteiger partial charge in [-0.15, -0.1) is 0 Å². The maximum atomic E-state index is 10.1. The van der Waals surface area contributed by atoms with Gasteiger partial charge in [-0.3, -0.25) is 4.98 Å². The lowest BCUT2D eigenvalue weighted by Crippen LogP contribution is -2.07. The van der Waals surface area contributed by atoms with Crippen molar-refractivity contribution in [2.45, 2.75) is 39.2 Å². The van der Waals surface area contributed by atoms with E-state index in [1.165, 1.54) is 0 Å². The van der Waals surface area contributed by atoms with Crippen LogP contribution in [-0.2, 0) is 0 Å². The molecule has 1 N–H and O–H groups in total. The summed E-state index contributed by atoms with van der Waals surface area (Å²) in [5, 5.41) is 10.1. The van der Waals surface area contributed by atoms with Gasteiger partial charge in [0, 0.05) is 15.1 Å². The number of rotatable bonds is 5. The van der Waals surface area contributed by atoms with E-state index in [1.54, 1.807) is 6.20 Å². The van der Waals surface area contributed by atoms with Gasteiger partial charge in [0.25, 0.3) is 0 Å². The van der Waals surface area contributed by atoms with Crippen LogP contribution in [0.3, 0.4) is 0 Å². The Bertz CT molecular complexity index is 344. The van der Waals surface area contributed by atoms with Gasteiger partial charge in [0.2, 0.25) is 0 Å². The van der Waals surface area contributed by atoms with Gasteiger partial charge in [0.1, 0.15) is 0 Å². The average Bonchev–Trinajstić information content (AvgIpc) is 2.17. The fourth-order valence-corrected chi connectivity index (χ4v) is 3.03. The molecular formula is C12H17Br2NO. The molecule has 2 nitrogen and oxygen atoms in total. The molecule has 16 heavy (non-hydrogen) atoms. The summed E-state index contributed by atoms with van der Waals surface area (Å²) < 4.78 is 1.77. The molecular weight excluding hydrogens is 334 g/mol. The number of hydrogen-bond donors (Lipinski definition) is 1. The first-order valence-corrected chi connectivity index (χ1v) is 7.12. The summed E-state index contributed by atoms with van der Waals surface area (Å²) in [6.45, 7) is 4.33. The Morgan fingerprint density at radius 1 is 1.44 bits per heavy atom. The highest BCUT2D eigenvalue weighted by Crippen LogP contribution is 2.29. The molecule has 1 aromatic rings. The number of nitrogens with zero attached hydrogens (tertiary/aromatic N) is 1. The van der Waals surface area contributed by atoms with Crippen molar-refractivity contribution in [3.8, 4) is 0 Å². The highest BCUT2D eigenvalue weighted by atomic mass is 79.9. The third-order valence-electron chi connectivity index (χ3n) is 2.56. The van der Waals surface area contributed by atoms with Crippen molar-refractivity contribution in [2.75, 3.05) is 0 Å². The van der Waals surface area contributed by atoms with E-state index in [0.717, 1.165) is 33.9 Å². The van der Waals surface area contributed by atoms with Crippen molar-refractivity contribution < 1.29 is 5.11 Å². The summed E-state index contributed by atoms with van der Waals surface area (Å²) >= 11 is 6.77. The Kier molecular flexibility index (Phi) is 5.94. The zero-order valence-electron chi connectivity index (χ0n) is 9.58. The fraction of sp³-hybridized carbons (Fsp3) is 0.583. The van der Waals surface area contributed by atoms with E-state index in [9.17, 15) is 5.11 Å². The third-order valence-corrected chi connectivity index (χ3v) is 3.63. The van der Waals surface area contributed by atoms with E-state index in [-0.39, 0.29) is 0 Å². The van der Waals surface area contributed by atoms with Crippen molar-refractivity contribution in [2.24, 2.45) is 5.92 Å². The molecule has 0 bridgehead atoms. The molecule has 0 saturated heterocycles. The Balaban J connectivity index is 2.69. The van der Waals surface area contributed by atoms with Gasteiger partial charge >= 0.3 is 0 Å². The third kappa shape index (κ3) is 4.15. The lowest BCUT2D eigenvalue weighted by Gasteiger charge is -2.16. The standard InChI is InChI=1S/C12H17Br2NO/c1-3-4-8(2)5-11(16)12-10(14)6-9(13)7-15-12/h6-8,11,16H,3-5H2,1-2H3. The van der Waals surface area contributed by atoms with Crippen LogP contribution in [0.2, 0.25) is 0 Å². The normalized spacial score (nSPS) is 14.8. The topological polar surface area (TPSA) is 33.1 Å². The van der Waals surface area contributed by atoms with Crippen molar-refractivity contribution in [3.63, 3.8) is 0 Å². The Morgan fingerprint density at radius 3 is 2.69 bits per heavy atom. The first kappa shape index (κ1) is 14.1. The molecule has 2 atom stereocenters. The van der Waals surface area contributed by atoms with Crippen LogP contribution < -0.4 is 0 Å². The molecule has 4 heteroatoms. The SMILES string of the molecule is CCCC(C)CC(O)c1ncc(Br)cc1Br. The minimum absolute atomic E-state index is 0.482. The molecule has 0 spiro atoms. The van der Waals surface area contributed by atoms with Crippen LogP contribution in [0.25, 0.3) is 0 Å². The van der Waals surface area contributed by atoms with Crippen LogP contribution in [0, 0.1) is 5.92 Å². The highest BCUT2D eigenvalue weighted by Gasteiger charge is 2.16. The van der Waals surface area contributed by atoms with Gasteiger partial charge in [-0.25, -0.2) is 0 Å². The van der Waals surface area contributed by atoms with Crippen LogP contribution in [0.1, 0.15) is 44.9 Å². The second-order valence-corrected chi connectivity index (χ2v) is 5.94. The fourth-order valence-electron chi connectivity index (χ4n) is 1.77. The lowest BCUT2D eigenvalue weighted by atomic mass is 9.97. The van der Waals surface area contributed by atoms with Gasteiger partial charge in [-0.2, -0.15) is 0 Å². The predicted molar refractivity (Wildman–Crippen MR) is 73.3 cm³/mol. The summed E-state index contributed by atoms with van der Waals surface area (Å²) in [5.74, 6) is 0.525. The highest BCUT2D eigenvalue weighted by molar-refractivity contribution is 9.11. The molecule has 2 unspecified atom stereocenters. The average molecular weight is 351 g/mol. The predicted octanol–water partition coefficient (Wildman–Crippen LogP) is 4.47. The van der Waals surface area contributed by atoms with Crippen molar-refractivity contribution in [1.82, 2.24) is 4.98 Å². The van der Waals surface area contributed by atoms with Crippen molar-refractivity contribution >= 4 is 31.9 Å². The number of aliphatic hydroxyl groups is 1. The zero-order valence-corrected chi connectivity index (χ0v) is 12.8. The second kappa shape index (κ2) is 6.72. The van der Waals surface area contributed by atoms with Crippen molar-refractivity contribution in [1.29, 1.82) is 0 Å². The lowest BCUT2D eigenvalue weighted by molar-refractivity contribution is 0.140. The molecule has 0 aromatic carbocycles. The van der Waals surface area contributed by atoms with E-state index < -0.39 is 6.10 Å².